The Kier molecular flexibility index (Phi) is 5.25. The van der Waals surface area contributed by atoms with Crippen LogP contribution in [0.2, 0.25) is 0 Å². The average Bonchev–Trinajstić information content (AvgIpc) is 3.41. The zero-order valence-corrected chi connectivity index (χ0v) is 15.2. The number of benzene rings is 1. The number of hydrogen-bond acceptors (Lipinski definition) is 5. The van der Waals surface area contributed by atoms with Gasteiger partial charge in [-0.05, 0) is 73.5 Å². The van der Waals surface area contributed by atoms with Crippen molar-refractivity contribution in [2.75, 3.05) is 26.9 Å². The molecular formula is C21H26N2O3. The number of methoxy groups -OCH3 is 1. The summed E-state index contributed by atoms with van der Waals surface area (Å²) >= 11 is 0. The molecule has 1 saturated carbocycles. The predicted molar refractivity (Wildman–Crippen MR) is 100 cm³/mol. The van der Waals surface area contributed by atoms with Gasteiger partial charge in [0, 0.05) is 12.2 Å². The van der Waals surface area contributed by atoms with E-state index in [2.05, 4.69) is 16.4 Å². The van der Waals surface area contributed by atoms with Crippen LogP contribution in [0.3, 0.4) is 0 Å². The smallest absolute Gasteiger partial charge is 0.137 e. The van der Waals surface area contributed by atoms with E-state index in [0.29, 0.717) is 17.9 Å². The second kappa shape index (κ2) is 7.96. The minimum absolute atomic E-state index is 0.502. The van der Waals surface area contributed by atoms with E-state index < -0.39 is 0 Å². The van der Waals surface area contributed by atoms with Crippen LogP contribution in [0.25, 0.3) is 0 Å². The quantitative estimate of drug-likeness (QED) is 0.748. The van der Waals surface area contributed by atoms with E-state index >= 15 is 0 Å². The molecule has 0 radical (unpaired) electrons. The van der Waals surface area contributed by atoms with Gasteiger partial charge in [-0.1, -0.05) is 0 Å². The summed E-state index contributed by atoms with van der Waals surface area (Å²) in [7, 11) is 1.67. The third-order valence-corrected chi connectivity index (χ3v) is 5.28. The zero-order chi connectivity index (χ0) is 17.8. The fourth-order valence-electron chi connectivity index (χ4n) is 3.38. The van der Waals surface area contributed by atoms with Crippen molar-refractivity contribution in [3.8, 4) is 17.2 Å². The Labute approximate surface area is 154 Å². The number of nitrogens with one attached hydrogen (secondary N) is 1. The Balaban J connectivity index is 1.21. The third-order valence-electron chi connectivity index (χ3n) is 5.28. The van der Waals surface area contributed by atoms with Gasteiger partial charge in [0.05, 0.1) is 19.9 Å². The molecule has 1 N–H and O–H groups in total. The number of pyridine rings is 1. The van der Waals surface area contributed by atoms with Gasteiger partial charge in [0.1, 0.15) is 23.9 Å². The Bertz CT molecular complexity index is 715. The fraction of sp³-hybridized carbons (Fsp3) is 0.476. The summed E-state index contributed by atoms with van der Waals surface area (Å²) in [5, 5.41) is 3.35. The Hall–Kier alpha value is -2.27. The van der Waals surface area contributed by atoms with Crippen LogP contribution in [0, 0.1) is 5.92 Å². The first kappa shape index (κ1) is 17.2. The predicted octanol–water partition coefficient (Wildman–Crippen LogP) is 3.40. The lowest BCUT2D eigenvalue weighted by Gasteiger charge is -2.27. The van der Waals surface area contributed by atoms with Crippen LogP contribution in [0.1, 0.15) is 30.7 Å². The number of nitrogens with zero attached hydrogens (tertiary/aromatic N) is 1. The first-order chi connectivity index (χ1) is 12.8. The summed E-state index contributed by atoms with van der Waals surface area (Å²) < 4.78 is 16.9. The van der Waals surface area contributed by atoms with Crippen molar-refractivity contribution in [3.63, 3.8) is 0 Å². The maximum Gasteiger partial charge on any atom is 0.137 e. The van der Waals surface area contributed by atoms with E-state index in [4.69, 9.17) is 14.2 Å². The van der Waals surface area contributed by atoms with Gasteiger partial charge in [-0.2, -0.15) is 0 Å². The largest absolute Gasteiger partial charge is 0.497 e. The summed E-state index contributed by atoms with van der Waals surface area (Å²) in [4.78, 5) is 4.36. The third kappa shape index (κ3) is 4.28. The van der Waals surface area contributed by atoms with Gasteiger partial charge in [-0.25, -0.2) is 0 Å². The second-order valence-electron chi connectivity index (χ2n) is 7.12. The van der Waals surface area contributed by atoms with E-state index in [9.17, 15) is 0 Å². The van der Waals surface area contributed by atoms with Gasteiger partial charge < -0.3 is 19.5 Å². The molecule has 0 unspecified atom stereocenters. The molecule has 2 aliphatic rings. The molecule has 5 heteroatoms. The molecule has 2 aromatic rings. The van der Waals surface area contributed by atoms with Crippen LogP contribution in [0.5, 0.6) is 17.2 Å². The van der Waals surface area contributed by atoms with Crippen molar-refractivity contribution in [1.82, 2.24) is 10.3 Å². The summed E-state index contributed by atoms with van der Waals surface area (Å²) in [5.41, 5.74) is 1.29. The molecule has 0 spiro atoms. The molecule has 0 amide bonds. The van der Waals surface area contributed by atoms with Crippen LogP contribution >= 0.6 is 0 Å². The second-order valence-corrected chi connectivity index (χ2v) is 7.12. The van der Waals surface area contributed by atoms with Gasteiger partial charge in [-0.3, -0.25) is 4.98 Å². The maximum absolute atomic E-state index is 5.86. The first-order valence-electron chi connectivity index (χ1n) is 9.40. The fourth-order valence-corrected chi connectivity index (χ4v) is 3.38. The molecule has 1 aliphatic carbocycles. The van der Waals surface area contributed by atoms with E-state index in [1.807, 2.05) is 36.7 Å². The maximum atomic E-state index is 5.86. The van der Waals surface area contributed by atoms with Crippen molar-refractivity contribution in [3.05, 3.63) is 48.3 Å². The lowest BCUT2D eigenvalue weighted by Crippen LogP contribution is -2.46. The molecule has 1 aliphatic heterocycles. The normalized spacial score (nSPS) is 23.8. The van der Waals surface area contributed by atoms with E-state index in [1.165, 1.54) is 18.4 Å². The Morgan fingerprint density at radius 2 is 1.88 bits per heavy atom. The molecule has 3 atom stereocenters. The molecule has 26 heavy (non-hydrogen) atoms. The molecule has 2 heterocycles. The molecule has 1 aromatic heterocycles. The minimum Gasteiger partial charge on any atom is -0.497 e. The number of ether oxygens (including phenoxy) is 3. The van der Waals surface area contributed by atoms with Gasteiger partial charge in [0.15, 0.2) is 0 Å². The van der Waals surface area contributed by atoms with Gasteiger partial charge >= 0.3 is 0 Å². The highest BCUT2D eigenvalue weighted by atomic mass is 16.5. The van der Waals surface area contributed by atoms with E-state index in [-0.39, 0.29) is 0 Å². The SMILES string of the molecule is COc1ccc(OCC[C@@H]2C[C@@H]2c2cncc(OC[C@@H]3CCN3)c2)cc1. The molecule has 1 aromatic carbocycles. The zero-order valence-electron chi connectivity index (χ0n) is 15.2. The summed E-state index contributed by atoms with van der Waals surface area (Å²) in [6.45, 7) is 2.58. The summed E-state index contributed by atoms with van der Waals surface area (Å²) in [6.07, 6.45) is 7.26. The highest BCUT2D eigenvalue weighted by Gasteiger charge is 2.38. The minimum atomic E-state index is 0.502. The Morgan fingerprint density at radius 3 is 2.62 bits per heavy atom. The van der Waals surface area contributed by atoms with E-state index in [1.54, 1.807) is 7.11 Å². The highest BCUT2D eigenvalue weighted by Crippen LogP contribution is 2.49. The van der Waals surface area contributed by atoms with Crippen LogP contribution < -0.4 is 19.5 Å². The molecule has 2 fully saturated rings. The first-order valence-corrected chi connectivity index (χ1v) is 9.40. The molecule has 138 valence electrons. The standard InChI is InChI=1S/C21H26N2O3/c1-24-18-2-4-19(5-3-18)25-9-7-15-11-21(15)16-10-20(13-22-12-16)26-14-17-6-8-23-17/h2-5,10,12-13,15,17,21,23H,6-9,11,14H2,1H3/t15-,17+,21+/m1/s1. The van der Waals surface area contributed by atoms with Crippen molar-refractivity contribution < 1.29 is 14.2 Å². The van der Waals surface area contributed by atoms with Crippen LogP contribution in [0.4, 0.5) is 0 Å². The number of aromatic nitrogens is 1. The van der Waals surface area contributed by atoms with Crippen molar-refractivity contribution in [2.45, 2.75) is 31.2 Å². The van der Waals surface area contributed by atoms with Crippen molar-refractivity contribution in [2.24, 2.45) is 5.92 Å². The molecule has 5 nitrogen and oxygen atoms in total. The summed E-state index contributed by atoms with van der Waals surface area (Å²) in [5.74, 6) is 3.90. The number of hydrogen-bond donors (Lipinski definition) is 1. The topological polar surface area (TPSA) is 52.6 Å². The molecular weight excluding hydrogens is 328 g/mol. The van der Waals surface area contributed by atoms with Crippen LogP contribution in [-0.4, -0.2) is 37.9 Å². The van der Waals surface area contributed by atoms with Gasteiger partial charge in [0.25, 0.3) is 0 Å². The van der Waals surface area contributed by atoms with Crippen LogP contribution in [0.15, 0.2) is 42.7 Å². The van der Waals surface area contributed by atoms with E-state index in [0.717, 1.165) is 43.4 Å². The van der Waals surface area contributed by atoms with Gasteiger partial charge in [0.2, 0.25) is 0 Å². The lowest BCUT2D eigenvalue weighted by molar-refractivity contribution is 0.216. The van der Waals surface area contributed by atoms with Crippen molar-refractivity contribution in [1.29, 1.82) is 0 Å². The lowest BCUT2D eigenvalue weighted by atomic mass is 10.1. The summed E-state index contributed by atoms with van der Waals surface area (Å²) in [6, 6.07) is 10.4. The monoisotopic (exact) mass is 354 g/mol. The molecule has 0 bridgehead atoms. The molecule has 4 rings (SSSR count). The Morgan fingerprint density at radius 1 is 1.08 bits per heavy atom. The van der Waals surface area contributed by atoms with Gasteiger partial charge in [-0.15, -0.1) is 0 Å². The average molecular weight is 354 g/mol. The number of rotatable bonds is 9. The molecule has 1 saturated heterocycles. The highest BCUT2D eigenvalue weighted by molar-refractivity contribution is 5.32. The van der Waals surface area contributed by atoms with Crippen molar-refractivity contribution >= 4 is 0 Å². The van der Waals surface area contributed by atoms with Crippen LogP contribution in [-0.2, 0) is 0 Å².